The van der Waals surface area contributed by atoms with Crippen molar-refractivity contribution in [1.82, 2.24) is 0 Å². The number of hydrogen-bond donors (Lipinski definition) is 3. The molecule has 5 rings (SSSR count). The quantitative estimate of drug-likeness (QED) is 0.314. The van der Waals surface area contributed by atoms with E-state index in [1.54, 1.807) is 48.5 Å². The minimum atomic E-state index is -0.466. The van der Waals surface area contributed by atoms with Crippen LogP contribution in [-0.2, 0) is 12.8 Å². The van der Waals surface area contributed by atoms with Gasteiger partial charge >= 0.3 is 0 Å². The summed E-state index contributed by atoms with van der Waals surface area (Å²) in [7, 11) is 0. The first kappa shape index (κ1) is 24.2. The topological polar surface area (TPSA) is 87.7 Å². The van der Waals surface area contributed by atoms with E-state index < -0.39 is 5.82 Å². The number of anilines is 3. The number of aliphatic hydroxyl groups is 1. The third-order valence-corrected chi connectivity index (χ3v) is 6.24. The fourth-order valence-electron chi connectivity index (χ4n) is 4.40. The van der Waals surface area contributed by atoms with Crippen LogP contribution >= 0.6 is 0 Å². The molecule has 3 N–H and O–H groups in total. The van der Waals surface area contributed by atoms with Crippen LogP contribution in [0.2, 0.25) is 0 Å². The van der Waals surface area contributed by atoms with Gasteiger partial charge in [0, 0.05) is 28.1 Å². The fraction of sp³-hybridized carbons (Fsp3) is 0.133. The van der Waals surface area contributed by atoms with Gasteiger partial charge in [-0.05, 0) is 84.6 Å². The zero-order valence-corrected chi connectivity index (χ0v) is 20.0. The van der Waals surface area contributed by atoms with Crippen molar-refractivity contribution in [3.05, 3.63) is 119 Å². The Morgan fingerprint density at radius 3 is 2.46 bits per heavy atom. The average Bonchev–Trinajstić information content (AvgIpc) is 3.06. The van der Waals surface area contributed by atoms with Crippen molar-refractivity contribution in [2.45, 2.75) is 12.8 Å². The smallest absolute Gasteiger partial charge is 0.255 e. The number of aliphatic hydroxyl groups excluding tert-OH is 1. The van der Waals surface area contributed by atoms with Gasteiger partial charge in [0.15, 0.2) is 5.78 Å². The van der Waals surface area contributed by atoms with Crippen molar-refractivity contribution in [1.29, 1.82) is 0 Å². The first-order valence-electron chi connectivity index (χ1n) is 12.0. The van der Waals surface area contributed by atoms with Crippen LogP contribution < -0.4 is 15.4 Å². The van der Waals surface area contributed by atoms with Crippen LogP contribution in [0.1, 0.15) is 37.4 Å². The number of hydrogen-bond acceptors (Lipinski definition) is 5. The molecule has 1 amide bonds. The van der Waals surface area contributed by atoms with Crippen molar-refractivity contribution < 1.29 is 23.8 Å². The summed E-state index contributed by atoms with van der Waals surface area (Å²) in [6.45, 7) is 0.0544. The number of fused-ring (bicyclic) bond motifs is 2. The number of ketones is 1. The van der Waals surface area contributed by atoms with Crippen molar-refractivity contribution in [2.24, 2.45) is 0 Å². The van der Waals surface area contributed by atoms with Gasteiger partial charge < -0.3 is 20.5 Å². The van der Waals surface area contributed by atoms with Crippen LogP contribution in [0.3, 0.4) is 0 Å². The first-order valence-corrected chi connectivity index (χ1v) is 12.0. The Morgan fingerprint density at radius 2 is 1.65 bits per heavy atom. The lowest BCUT2D eigenvalue weighted by molar-refractivity contribution is 0.102. The number of ether oxygens (including phenoxy) is 1. The van der Waals surface area contributed by atoms with Crippen molar-refractivity contribution in [3.63, 3.8) is 0 Å². The summed E-state index contributed by atoms with van der Waals surface area (Å²) in [5.74, 6) is -0.310. The Labute approximate surface area is 213 Å². The molecule has 0 bridgehead atoms. The molecule has 4 aromatic rings. The molecule has 186 valence electrons. The lowest BCUT2D eigenvalue weighted by Crippen LogP contribution is -2.12. The van der Waals surface area contributed by atoms with Crippen LogP contribution in [0.25, 0.3) is 0 Å². The minimum Gasteiger partial charge on any atom is -0.491 e. The Morgan fingerprint density at radius 1 is 0.865 bits per heavy atom. The van der Waals surface area contributed by atoms with E-state index in [9.17, 15) is 14.0 Å². The summed E-state index contributed by atoms with van der Waals surface area (Å²) in [4.78, 5) is 25.8. The Hall–Kier alpha value is -4.49. The normalized spacial score (nSPS) is 12.2. The largest absolute Gasteiger partial charge is 0.491 e. The lowest BCUT2D eigenvalue weighted by atomic mass is 9.98. The predicted octanol–water partition coefficient (Wildman–Crippen LogP) is 5.52. The molecule has 0 fully saturated rings. The molecular weight excluding hydrogens is 471 g/mol. The molecule has 4 aromatic carbocycles. The van der Waals surface area contributed by atoms with Gasteiger partial charge in [0.05, 0.1) is 12.3 Å². The number of nitrogens with one attached hydrogen (secondary N) is 2. The number of benzene rings is 4. The summed E-state index contributed by atoms with van der Waals surface area (Å²) in [6, 6.07) is 23.9. The van der Waals surface area contributed by atoms with Crippen LogP contribution in [0, 0.1) is 5.82 Å². The maximum Gasteiger partial charge on any atom is 0.255 e. The van der Waals surface area contributed by atoms with Crippen LogP contribution in [0.4, 0.5) is 21.5 Å². The molecule has 0 aliphatic heterocycles. The van der Waals surface area contributed by atoms with Gasteiger partial charge in [-0.1, -0.05) is 24.3 Å². The highest BCUT2D eigenvalue weighted by atomic mass is 19.1. The number of aryl methyl sites for hydroxylation is 2. The van der Waals surface area contributed by atoms with E-state index in [-0.39, 0.29) is 30.6 Å². The molecule has 1 aliphatic carbocycles. The van der Waals surface area contributed by atoms with Gasteiger partial charge in [0.25, 0.3) is 5.91 Å². The molecule has 0 spiro atoms. The predicted molar refractivity (Wildman–Crippen MR) is 140 cm³/mol. The molecule has 6 nitrogen and oxygen atoms in total. The van der Waals surface area contributed by atoms with Crippen LogP contribution in [0.15, 0.2) is 84.9 Å². The maximum atomic E-state index is 14.6. The Kier molecular flexibility index (Phi) is 6.96. The number of halogens is 1. The highest BCUT2D eigenvalue weighted by molar-refractivity contribution is 6.11. The maximum absolute atomic E-state index is 14.6. The first-order chi connectivity index (χ1) is 18.0. The molecule has 0 saturated carbocycles. The molecule has 37 heavy (non-hydrogen) atoms. The van der Waals surface area contributed by atoms with E-state index in [1.807, 2.05) is 18.2 Å². The third kappa shape index (κ3) is 5.37. The summed E-state index contributed by atoms with van der Waals surface area (Å²) in [5, 5.41) is 14.9. The number of carbonyl (C=O) groups excluding carboxylic acids is 2. The van der Waals surface area contributed by atoms with E-state index in [0.29, 0.717) is 46.7 Å². The standard InChI is InChI=1S/C30H25FN2O4/c31-27-13-10-23(33-30(36)20-4-2-1-3-5-20)17-28(27)32-22-9-12-25-21(16-22)7-6-19-8-11-24(37-15-14-34)18-26(19)29(25)35/h1-5,8-13,16-18,32,34H,6-7,14-15H2,(H,33,36). The fourth-order valence-corrected chi connectivity index (χ4v) is 4.40. The lowest BCUT2D eigenvalue weighted by Gasteiger charge is -2.13. The molecule has 0 radical (unpaired) electrons. The molecule has 0 saturated heterocycles. The van der Waals surface area contributed by atoms with Crippen molar-refractivity contribution >= 4 is 28.8 Å². The molecular formula is C30H25FN2O4. The second-order valence-corrected chi connectivity index (χ2v) is 8.73. The zero-order chi connectivity index (χ0) is 25.8. The summed E-state index contributed by atoms with van der Waals surface area (Å²) >= 11 is 0. The van der Waals surface area contributed by atoms with Crippen molar-refractivity contribution in [2.75, 3.05) is 23.8 Å². The van der Waals surface area contributed by atoms with Crippen LogP contribution in [0.5, 0.6) is 5.75 Å². The zero-order valence-electron chi connectivity index (χ0n) is 20.0. The Balaban J connectivity index is 1.36. The van der Waals surface area contributed by atoms with E-state index >= 15 is 0 Å². The highest BCUT2D eigenvalue weighted by Crippen LogP contribution is 2.31. The molecule has 1 aliphatic rings. The Bertz CT molecular complexity index is 1470. The van der Waals surface area contributed by atoms with Gasteiger partial charge in [0.1, 0.15) is 18.2 Å². The van der Waals surface area contributed by atoms with Gasteiger partial charge in [-0.15, -0.1) is 0 Å². The van der Waals surface area contributed by atoms with E-state index in [0.717, 1.165) is 11.1 Å². The number of rotatable bonds is 7. The monoisotopic (exact) mass is 496 g/mol. The van der Waals surface area contributed by atoms with E-state index in [2.05, 4.69) is 10.6 Å². The van der Waals surface area contributed by atoms with Gasteiger partial charge in [-0.3, -0.25) is 9.59 Å². The van der Waals surface area contributed by atoms with E-state index in [4.69, 9.17) is 9.84 Å². The van der Waals surface area contributed by atoms with E-state index in [1.165, 1.54) is 18.2 Å². The van der Waals surface area contributed by atoms with Gasteiger partial charge in [-0.25, -0.2) is 4.39 Å². The number of amides is 1. The summed E-state index contributed by atoms with van der Waals surface area (Å²) in [6.07, 6.45) is 1.32. The number of carbonyl (C=O) groups is 2. The van der Waals surface area contributed by atoms with Crippen LogP contribution in [-0.4, -0.2) is 30.0 Å². The highest BCUT2D eigenvalue weighted by Gasteiger charge is 2.22. The SMILES string of the molecule is O=C(Nc1ccc(F)c(Nc2ccc3c(c2)CCc2ccc(OCCO)cc2C3=O)c1)c1ccccc1. The van der Waals surface area contributed by atoms with Gasteiger partial charge in [-0.2, -0.15) is 0 Å². The molecule has 0 unspecified atom stereocenters. The minimum absolute atomic E-state index is 0.0969. The van der Waals surface area contributed by atoms with Gasteiger partial charge in [0.2, 0.25) is 0 Å². The summed E-state index contributed by atoms with van der Waals surface area (Å²) < 4.78 is 20.1. The molecule has 0 aromatic heterocycles. The average molecular weight is 497 g/mol. The molecule has 0 heterocycles. The second-order valence-electron chi connectivity index (χ2n) is 8.73. The molecule has 7 heteroatoms. The molecule has 0 atom stereocenters. The second kappa shape index (κ2) is 10.6. The summed E-state index contributed by atoms with van der Waals surface area (Å²) in [5.41, 5.74) is 4.77. The third-order valence-electron chi connectivity index (χ3n) is 6.24. The van der Waals surface area contributed by atoms with Crippen molar-refractivity contribution in [3.8, 4) is 5.75 Å².